The number of fused-ring (bicyclic) bond motifs is 1. The van der Waals surface area contributed by atoms with Gasteiger partial charge in [0.05, 0.1) is 5.56 Å². The van der Waals surface area contributed by atoms with Gasteiger partial charge in [0.15, 0.2) is 23.1 Å². The van der Waals surface area contributed by atoms with Crippen LogP contribution in [0.15, 0.2) is 21.7 Å². The minimum absolute atomic E-state index is 0.0251. The SMILES string of the molecule is Cn1c(=O)[nH]c(=O)c2[nH]c(-c3ccc(F)c(F)c3F)nc21. The minimum atomic E-state index is -1.64. The molecule has 2 heterocycles. The molecule has 0 unspecified atom stereocenters. The van der Waals surface area contributed by atoms with Gasteiger partial charge >= 0.3 is 5.69 Å². The molecule has 0 saturated heterocycles. The molecule has 0 aliphatic heterocycles. The number of nitrogens with zero attached hydrogens (tertiary/aromatic N) is 2. The fraction of sp³-hybridized carbons (Fsp3) is 0.0833. The molecule has 6 nitrogen and oxygen atoms in total. The number of H-pyrrole nitrogens is 2. The zero-order chi connectivity index (χ0) is 15.3. The number of nitrogens with one attached hydrogen (secondary N) is 2. The van der Waals surface area contributed by atoms with Gasteiger partial charge < -0.3 is 4.98 Å². The van der Waals surface area contributed by atoms with Crippen LogP contribution in [-0.4, -0.2) is 19.5 Å². The van der Waals surface area contributed by atoms with Crippen molar-refractivity contribution in [3.05, 3.63) is 50.4 Å². The summed E-state index contributed by atoms with van der Waals surface area (Å²) in [5, 5.41) is 0. The summed E-state index contributed by atoms with van der Waals surface area (Å²) in [6.07, 6.45) is 0. The molecular weight excluding hydrogens is 289 g/mol. The van der Waals surface area contributed by atoms with E-state index < -0.39 is 28.7 Å². The molecule has 3 rings (SSSR count). The third kappa shape index (κ3) is 1.85. The maximum atomic E-state index is 13.7. The Balaban J connectivity index is 2.35. The van der Waals surface area contributed by atoms with Gasteiger partial charge in [0, 0.05) is 7.05 Å². The van der Waals surface area contributed by atoms with Crippen molar-refractivity contribution in [3.63, 3.8) is 0 Å². The highest BCUT2D eigenvalue weighted by molar-refractivity contribution is 5.75. The Kier molecular flexibility index (Phi) is 2.71. The van der Waals surface area contributed by atoms with Gasteiger partial charge in [0.25, 0.3) is 5.56 Å². The molecule has 1 aromatic carbocycles. The molecule has 0 bridgehead atoms. The van der Waals surface area contributed by atoms with Crippen molar-refractivity contribution in [3.8, 4) is 11.4 Å². The van der Waals surface area contributed by atoms with E-state index in [2.05, 4.69) is 9.97 Å². The Morgan fingerprint density at radius 2 is 1.81 bits per heavy atom. The number of halogens is 3. The topological polar surface area (TPSA) is 83.5 Å². The van der Waals surface area contributed by atoms with Crippen molar-refractivity contribution in [1.29, 1.82) is 0 Å². The van der Waals surface area contributed by atoms with Gasteiger partial charge in [-0.3, -0.25) is 14.3 Å². The zero-order valence-corrected chi connectivity index (χ0v) is 10.5. The van der Waals surface area contributed by atoms with Crippen LogP contribution in [0.1, 0.15) is 0 Å². The number of rotatable bonds is 1. The van der Waals surface area contributed by atoms with E-state index in [4.69, 9.17) is 0 Å². The van der Waals surface area contributed by atoms with Gasteiger partial charge in [-0.1, -0.05) is 0 Å². The fourth-order valence-electron chi connectivity index (χ4n) is 1.94. The first-order valence-electron chi connectivity index (χ1n) is 5.73. The third-order valence-corrected chi connectivity index (χ3v) is 3.04. The molecule has 0 atom stereocenters. The van der Waals surface area contributed by atoms with Crippen molar-refractivity contribution < 1.29 is 13.2 Å². The van der Waals surface area contributed by atoms with Crippen LogP contribution in [0.25, 0.3) is 22.6 Å². The predicted octanol–water partition coefficient (Wildman–Crippen LogP) is 1.03. The van der Waals surface area contributed by atoms with Crippen LogP contribution in [0.4, 0.5) is 13.2 Å². The van der Waals surface area contributed by atoms with Gasteiger partial charge in [-0.25, -0.2) is 22.9 Å². The number of hydrogen-bond donors (Lipinski definition) is 2. The Hall–Kier alpha value is -2.84. The Labute approximate surface area is 113 Å². The van der Waals surface area contributed by atoms with E-state index in [-0.39, 0.29) is 22.6 Å². The number of aryl methyl sites for hydroxylation is 1. The van der Waals surface area contributed by atoms with Crippen LogP contribution >= 0.6 is 0 Å². The van der Waals surface area contributed by atoms with Crippen LogP contribution < -0.4 is 11.2 Å². The highest BCUT2D eigenvalue weighted by Crippen LogP contribution is 2.24. The number of imidazole rings is 1. The normalized spacial score (nSPS) is 11.2. The average Bonchev–Trinajstić information content (AvgIpc) is 2.88. The van der Waals surface area contributed by atoms with E-state index in [0.717, 1.165) is 16.7 Å². The van der Waals surface area contributed by atoms with Gasteiger partial charge in [-0.15, -0.1) is 0 Å². The minimum Gasteiger partial charge on any atom is -0.332 e. The summed E-state index contributed by atoms with van der Waals surface area (Å²) in [5.74, 6) is -4.60. The molecule has 2 aromatic heterocycles. The lowest BCUT2D eigenvalue weighted by atomic mass is 10.2. The molecule has 9 heteroatoms. The monoisotopic (exact) mass is 296 g/mol. The second kappa shape index (κ2) is 4.33. The molecule has 0 aliphatic rings. The molecule has 0 saturated carbocycles. The van der Waals surface area contributed by atoms with E-state index in [0.29, 0.717) is 0 Å². The van der Waals surface area contributed by atoms with Gasteiger partial charge in [0.1, 0.15) is 11.3 Å². The summed E-state index contributed by atoms with van der Waals surface area (Å²) >= 11 is 0. The second-order valence-corrected chi connectivity index (χ2v) is 4.33. The van der Waals surface area contributed by atoms with Crippen LogP contribution in [0.2, 0.25) is 0 Å². The Bertz CT molecular complexity index is 987. The lowest BCUT2D eigenvalue weighted by molar-refractivity contribution is 0.448. The van der Waals surface area contributed by atoms with Crippen molar-refractivity contribution >= 4 is 11.2 Å². The van der Waals surface area contributed by atoms with E-state index in [1.54, 1.807) is 0 Å². The highest BCUT2D eigenvalue weighted by atomic mass is 19.2. The van der Waals surface area contributed by atoms with E-state index in [1.807, 2.05) is 4.98 Å². The summed E-state index contributed by atoms with van der Waals surface area (Å²) in [6.45, 7) is 0. The second-order valence-electron chi connectivity index (χ2n) is 4.33. The number of benzene rings is 1. The molecule has 0 spiro atoms. The molecule has 2 N–H and O–H groups in total. The zero-order valence-electron chi connectivity index (χ0n) is 10.5. The van der Waals surface area contributed by atoms with Crippen molar-refractivity contribution in [2.45, 2.75) is 0 Å². The molecule has 0 aliphatic carbocycles. The number of hydrogen-bond acceptors (Lipinski definition) is 3. The molecule has 0 amide bonds. The lowest BCUT2D eigenvalue weighted by Gasteiger charge is -2.00. The van der Waals surface area contributed by atoms with E-state index in [9.17, 15) is 22.8 Å². The maximum absolute atomic E-state index is 13.7. The molecule has 0 radical (unpaired) electrons. The van der Waals surface area contributed by atoms with Crippen molar-refractivity contribution in [2.75, 3.05) is 0 Å². The summed E-state index contributed by atoms with van der Waals surface area (Å²) in [6, 6.07) is 1.72. The van der Waals surface area contributed by atoms with Crippen LogP contribution in [0.5, 0.6) is 0 Å². The van der Waals surface area contributed by atoms with Crippen LogP contribution in [-0.2, 0) is 7.05 Å². The van der Waals surface area contributed by atoms with Crippen molar-refractivity contribution in [1.82, 2.24) is 19.5 Å². The molecule has 0 fully saturated rings. The maximum Gasteiger partial charge on any atom is 0.329 e. The summed E-state index contributed by atoms with van der Waals surface area (Å²) < 4.78 is 40.9. The van der Waals surface area contributed by atoms with Gasteiger partial charge in [-0.2, -0.15) is 0 Å². The fourth-order valence-corrected chi connectivity index (χ4v) is 1.94. The van der Waals surface area contributed by atoms with Crippen molar-refractivity contribution in [2.24, 2.45) is 7.05 Å². The Morgan fingerprint density at radius 3 is 2.52 bits per heavy atom. The number of aromatic nitrogens is 4. The van der Waals surface area contributed by atoms with Crippen LogP contribution in [0.3, 0.4) is 0 Å². The first kappa shape index (κ1) is 13.2. The quantitative estimate of drug-likeness (QED) is 0.658. The van der Waals surface area contributed by atoms with Crippen LogP contribution in [0, 0.1) is 17.5 Å². The van der Waals surface area contributed by atoms with Gasteiger partial charge in [0.2, 0.25) is 0 Å². The smallest absolute Gasteiger partial charge is 0.329 e. The van der Waals surface area contributed by atoms with E-state index >= 15 is 0 Å². The lowest BCUT2D eigenvalue weighted by Crippen LogP contribution is -2.28. The van der Waals surface area contributed by atoms with E-state index in [1.165, 1.54) is 7.05 Å². The van der Waals surface area contributed by atoms with Gasteiger partial charge in [-0.05, 0) is 12.1 Å². The first-order valence-corrected chi connectivity index (χ1v) is 5.73. The molecule has 3 aromatic rings. The molecule has 21 heavy (non-hydrogen) atoms. The predicted molar refractivity (Wildman–Crippen MR) is 67.3 cm³/mol. The summed E-state index contributed by atoms with van der Waals surface area (Å²) in [7, 11) is 1.35. The summed E-state index contributed by atoms with van der Waals surface area (Å²) in [5.41, 5.74) is -1.89. The molecule has 108 valence electrons. The first-order chi connectivity index (χ1) is 9.90. The highest BCUT2D eigenvalue weighted by Gasteiger charge is 2.19. The number of aromatic amines is 2. The standard InChI is InChI=1S/C12H7F3N4O2/c1-19-10-8(11(20)18-12(19)21)16-9(17-10)4-2-3-5(13)7(15)6(4)14/h2-3H,1H3,(H,16,17)(H,18,20,21). The third-order valence-electron chi connectivity index (χ3n) is 3.04. The largest absolute Gasteiger partial charge is 0.332 e. The Morgan fingerprint density at radius 1 is 1.10 bits per heavy atom. The summed E-state index contributed by atoms with van der Waals surface area (Å²) in [4.78, 5) is 31.5. The molecular formula is C12H7F3N4O2. The average molecular weight is 296 g/mol.